The summed E-state index contributed by atoms with van der Waals surface area (Å²) in [5, 5.41) is 0.498. The number of aromatic nitrogens is 1. The average Bonchev–Trinajstić information content (AvgIpc) is 2.88. The molecule has 0 saturated heterocycles. The van der Waals surface area contributed by atoms with Crippen LogP contribution in [0.4, 0.5) is 13.2 Å². The van der Waals surface area contributed by atoms with Crippen LogP contribution in [0, 0.1) is 0 Å². The van der Waals surface area contributed by atoms with Gasteiger partial charge in [0, 0.05) is 48.4 Å². The summed E-state index contributed by atoms with van der Waals surface area (Å²) in [5.74, 6) is 0.700. The van der Waals surface area contributed by atoms with Crippen molar-refractivity contribution in [1.82, 2.24) is 9.88 Å². The van der Waals surface area contributed by atoms with E-state index in [9.17, 15) is 34.6 Å². The van der Waals surface area contributed by atoms with E-state index >= 15 is 0 Å². The Balaban J connectivity index is 0.00000102. The fourth-order valence-corrected chi connectivity index (χ4v) is 6.97. The maximum atomic E-state index is 12.5. The van der Waals surface area contributed by atoms with Gasteiger partial charge in [0.2, 0.25) is 5.88 Å². The molecule has 46 heavy (non-hydrogen) atoms. The predicted octanol–water partition coefficient (Wildman–Crippen LogP) is 3.60. The van der Waals surface area contributed by atoms with Gasteiger partial charge in [0.25, 0.3) is 0 Å². The Morgan fingerprint density at radius 1 is 1.04 bits per heavy atom. The minimum absolute atomic E-state index is 0. The molecule has 0 aliphatic rings. The predicted molar refractivity (Wildman–Crippen MR) is 170 cm³/mol. The van der Waals surface area contributed by atoms with Crippen LogP contribution in [0.3, 0.4) is 0 Å². The van der Waals surface area contributed by atoms with E-state index < -0.39 is 36.1 Å². The number of pyridine rings is 1. The Morgan fingerprint density at radius 3 is 2.07 bits per heavy atom. The molecule has 2 rings (SSSR count). The first-order chi connectivity index (χ1) is 20.7. The van der Waals surface area contributed by atoms with Crippen LogP contribution in [0.5, 0.6) is 17.4 Å². The zero-order valence-corrected chi connectivity index (χ0v) is 32.5. The van der Waals surface area contributed by atoms with Gasteiger partial charge in [-0.15, -0.1) is 0 Å². The number of hydrogen-bond acceptors (Lipinski definition) is 12. The number of alkyl halides is 3. The Bertz CT molecular complexity index is 1410. The molecule has 0 aliphatic carbocycles. The van der Waals surface area contributed by atoms with Gasteiger partial charge in [-0.3, -0.25) is 4.55 Å². The number of halogens is 7. The van der Waals surface area contributed by atoms with Gasteiger partial charge < -0.3 is 23.7 Å². The molecule has 1 atom stereocenters. The van der Waals surface area contributed by atoms with Crippen molar-refractivity contribution in [2.45, 2.75) is 18.6 Å². The molecule has 1 aromatic carbocycles. The van der Waals surface area contributed by atoms with Crippen molar-refractivity contribution in [3.8, 4) is 17.4 Å². The third-order valence-electron chi connectivity index (χ3n) is 4.85. The molecule has 256 valence electrons. The molecule has 0 aliphatic heterocycles. The number of rotatable bonds is 16. The second-order valence-corrected chi connectivity index (χ2v) is 17.0. The van der Waals surface area contributed by atoms with Gasteiger partial charge in [0.1, 0.15) is 26.0 Å². The molecule has 0 fully saturated rings. The zero-order valence-electron chi connectivity index (χ0n) is 24.2. The first-order valence-corrected chi connectivity index (χ1v) is 19.3. The number of ether oxygens (including phenoxy) is 3. The van der Waals surface area contributed by atoms with Crippen LogP contribution >= 0.6 is 68.0 Å². The maximum absolute atomic E-state index is 12.5. The van der Waals surface area contributed by atoms with Crippen molar-refractivity contribution in [3.63, 3.8) is 0 Å². The van der Waals surface area contributed by atoms with Crippen molar-refractivity contribution in [2.75, 3.05) is 45.4 Å². The van der Waals surface area contributed by atoms with Crippen LogP contribution in [0.15, 0.2) is 41.0 Å². The summed E-state index contributed by atoms with van der Waals surface area (Å²) < 4.78 is 114. The Morgan fingerprint density at radius 2 is 1.61 bits per heavy atom. The molecule has 1 aromatic heterocycles. The van der Waals surface area contributed by atoms with Crippen LogP contribution in [-0.2, 0) is 24.5 Å². The summed E-state index contributed by atoms with van der Waals surface area (Å²) in [6.07, 6.45) is -1.84. The van der Waals surface area contributed by atoms with Crippen LogP contribution in [-0.4, -0.2) is 87.3 Å². The number of nitrogens with zero attached hydrogens (tertiary/aromatic N) is 2. The molecule has 0 saturated carbocycles. The van der Waals surface area contributed by atoms with Gasteiger partial charge in [0.15, 0.2) is 5.75 Å². The minimum atomic E-state index is -4.44. The first-order valence-electron chi connectivity index (χ1n) is 12.0. The van der Waals surface area contributed by atoms with Crippen LogP contribution in [0.1, 0.15) is 12.0 Å². The summed E-state index contributed by atoms with van der Waals surface area (Å²) in [6.45, 7) is 0.537. The van der Waals surface area contributed by atoms with Gasteiger partial charge in [0.05, 0.1) is 28.8 Å². The fourth-order valence-electron chi connectivity index (χ4n) is 2.67. The molecule has 0 bridgehead atoms. The van der Waals surface area contributed by atoms with Gasteiger partial charge in [-0.1, -0.05) is 46.4 Å². The molecule has 1 N–H and O–H groups in total. The average molecular weight is 825 g/mol. The second-order valence-electron chi connectivity index (χ2n) is 8.48. The molecule has 0 amide bonds. The molecule has 11 nitrogen and oxygen atoms in total. The Labute approximate surface area is 314 Å². The molecule has 2 aromatic rings. The Hall–Kier alpha value is -0.0600. The SMILES string of the molecule is CN(C)C(CSS(=O)(=O)[O-])CSS(=O)(=O)O.FC(F)(F)c1ccc(OCCCOc2c(Cl)cc(OCC=C(Cl)Cl)cc2Cl)nc1.[Na+]. The summed E-state index contributed by atoms with van der Waals surface area (Å²) in [5.41, 5.74) is -0.841. The molecule has 1 heterocycles. The van der Waals surface area contributed by atoms with Gasteiger partial charge in [-0.25, -0.2) is 13.4 Å². The van der Waals surface area contributed by atoms with E-state index in [0.717, 1.165) is 12.1 Å². The molecule has 0 spiro atoms. The van der Waals surface area contributed by atoms with E-state index in [1.807, 2.05) is 0 Å². The quantitative estimate of drug-likeness (QED) is 0.114. The van der Waals surface area contributed by atoms with Crippen molar-refractivity contribution in [3.05, 3.63) is 56.6 Å². The summed E-state index contributed by atoms with van der Waals surface area (Å²) in [6, 6.07) is 4.67. The van der Waals surface area contributed by atoms with E-state index in [2.05, 4.69) is 4.98 Å². The summed E-state index contributed by atoms with van der Waals surface area (Å²) >= 11 is 23.3. The van der Waals surface area contributed by atoms with Crippen LogP contribution in [0.25, 0.3) is 0 Å². The fraction of sp³-hybridized carbons (Fsp3) is 0.435. The van der Waals surface area contributed by atoms with E-state index in [1.54, 1.807) is 19.0 Å². The molecular weight excluding hydrogens is 798 g/mol. The number of hydrogen-bond donors (Lipinski definition) is 1. The smallest absolute Gasteiger partial charge is 0.739 e. The van der Waals surface area contributed by atoms with E-state index in [-0.39, 0.29) is 97.8 Å². The van der Waals surface area contributed by atoms with E-state index in [1.165, 1.54) is 18.2 Å². The second kappa shape index (κ2) is 21.9. The molecule has 23 heteroatoms. The van der Waals surface area contributed by atoms with Crippen molar-refractivity contribution >= 4 is 86.3 Å². The monoisotopic (exact) mass is 822 g/mol. The number of benzene rings is 1. The van der Waals surface area contributed by atoms with Crippen molar-refractivity contribution < 1.29 is 82.9 Å². The van der Waals surface area contributed by atoms with Crippen molar-refractivity contribution in [1.29, 1.82) is 0 Å². The topological polar surface area (TPSA) is 155 Å². The third-order valence-corrected chi connectivity index (χ3v) is 9.93. The first kappa shape index (κ1) is 45.9. The zero-order chi connectivity index (χ0) is 34.4. The van der Waals surface area contributed by atoms with Gasteiger partial charge in [-0.2, -0.15) is 21.6 Å². The van der Waals surface area contributed by atoms with Crippen LogP contribution < -0.4 is 43.8 Å². The molecule has 1 unspecified atom stereocenters. The van der Waals surface area contributed by atoms with E-state index in [0.29, 0.717) is 29.2 Å². The molecular formula is C23H26Cl4F3N2NaO9S4. The minimum Gasteiger partial charge on any atom is -0.739 e. The van der Waals surface area contributed by atoms with Gasteiger partial charge >= 0.3 is 44.9 Å². The largest absolute Gasteiger partial charge is 1.00 e. The third kappa shape index (κ3) is 21.1. The van der Waals surface area contributed by atoms with Gasteiger partial charge in [-0.05, 0) is 47.8 Å². The standard InChI is InChI=1S/C18H14Cl4F3NO3.C5H13NO6S4.Na/c19-13-8-12(27-7-4-15(21)22)9-14(20)17(13)29-6-1-5-28-16-3-2-11(10-26-16)18(23,24)25;1-6(2)5(3-13-15(7,8)9)4-14-16(10,11)12;/h2-4,8-10H,1,5-7H2;5H,3-4H2,1-2H3,(H,7,8,9)(H,10,11,12);/q;;+1/p-1. The Kier molecular flexibility index (Phi) is 21.9. The maximum Gasteiger partial charge on any atom is 1.00 e. The normalized spacial score (nSPS) is 12.3. The summed E-state index contributed by atoms with van der Waals surface area (Å²) in [7, 11) is -4.80. The van der Waals surface area contributed by atoms with E-state index in [4.69, 9.17) is 65.2 Å². The summed E-state index contributed by atoms with van der Waals surface area (Å²) in [4.78, 5) is 5.19. The molecule has 0 radical (unpaired) electrons. The van der Waals surface area contributed by atoms with Crippen molar-refractivity contribution in [2.24, 2.45) is 0 Å². The van der Waals surface area contributed by atoms with Crippen LogP contribution in [0.2, 0.25) is 10.0 Å².